The number of benzene rings is 1. The van der Waals surface area contributed by atoms with Gasteiger partial charge in [-0.2, -0.15) is 0 Å². The number of aromatic nitrogens is 1. The van der Waals surface area contributed by atoms with Gasteiger partial charge < -0.3 is 14.0 Å². The molecule has 0 spiro atoms. The van der Waals surface area contributed by atoms with E-state index in [4.69, 9.17) is 14.8 Å². The van der Waals surface area contributed by atoms with Gasteiger partial charge >= 0.3 is 6.36 Å². The van der Waals surface area contributed by atoms with Crippen LogP contribution in [0.5, 0.6) is 5.75 Å². The van der Waals surface area contributed by atoms with E-state index in [2.05, 4.69) is 19.9 Å². The van der Waals surface area contributed by atoms with Crippen LogP contribution in [0.15, 0.2) is 33.9 Å². The molecule has 32 heavy (non-hydrogen) atoms. The molecule has 3 aliphatic rings. The zero-order valence-electron chi connectivity index (χ0n) is 17.3. The molecule has 0 N–H and O–H groups in total. The molecule has 0 unspecified atom stereocenters. The van der Waals surface area contributed by atoms with Gasteiger partial charge in [0.25, 0.3) is 0 Å². The molecule has 0 aliphatic heterocycles. The van der Waals surface area contributed by atoms with Crippen molar-refractivity contribution in [2.75, 3.05) is 0 Å². The fourth-order valence-corrected chi connectivity index (χ4v) is 5.24. The third kappa shape index (κ3) is 4.29. The number of alkyl halides is 3. The monoisotopic (exact) mass is 448 g/mol. The number of hydrogen-bond acceptors (Lipinski definition) is 5. The highest BCUT2D eigenvalue weighted by molar-refractivity contribution is 5.70. The largest absolute Gasteiger partial charge is 0.573 e. The molecule has 7 nitrogen and oxygen atoms in total. The Morgan fingerprint density at radius 2 is 1.84 bits per heavy atom. The van der Waals surface area contributed by atoms with Crippen molar-refractivity contribution in [3.63, 3.8) is 0 Å². The Bertz CT molecular complexity index is 1020. The second-order valence-corrected chi connectivity index (χ2v) is 8.89. The minimum atomic E-state index is -4.81. The second kappa shape index (κ2) is 8.33. The number of ether oxygens (including phenoxy) is 2. The number of para-hydroxylation sites is 1. The zero-order chi connectivity index (χ0) is 22.3. The van der Waals surface area contributed by atoms with Gasteiger partial charge in [0.1, 0.15) is 17.2 Å². The first-order valence-electron chi connectivity index (χ1n) is 10.9. The Labute approximate surface area is 182 Å². The van der Waals surface area contributed by atoms with Crippen molar-refractivity contribution in [3.8, 4) is 17.0 Å². The molecule has 2 aromatic rings. The van der Waals surface area contributed by atoms with E-state index in [-0.39, 0.29) is 36.0 Å². The van der Waals surface area contributed by atoms with Gasteiger partial charge in [0.05, 0.1) is 12.7 Å². The lowest BCUT2D eigenvalue weighted by molar-refractivity contribution is -0.274. The Balaban J connectivity index is 1.38. The molecular weight excluding hydrogens is 425 g/mol. The molecule has 3 saturated carbocycles. The van der Waals surface area contributed by atoms with Gasteiger partial charge in [0.2, 0.25) is 0 Å². The van der Waals surface area contributed by atoms with Crippen LogP contribution < -0.4 is 4.74 Å². The van der Waals surface area contributed by atoms with Gasteiger partial charge in [-0.25, -0.2) is 0 Å². The number of halogens is 3. The lowest BCUT2D eigenvalue weighted by Gasteiger charge is -2.32. The normalized spacial score (nSPS) is 27.2. The van der Waals surface area contributed by atoms with Crippen LogP contribution in [0.25, 0.3) is 21.7 Å². The number of hydrogen-bond donors (Lipinski definition) is 0. The smallest absolute Gasteiger partial charge is 0.405 e. The first kappa shape index (κ1) is 21.2. The molecule has 1 heterocycles. The topological polar surface area (TPSA) is 93.3 Å². The van der Waals surface area contributed by atoms with Gasteiger partial charge in [-0.3, -0.25) is 0 Å². The molecule has 0 saturated heterocycles. The maximum atomic E-state index is 12.9. The van der Waals surface area contributed by atoms with Crippen molar-refractivity contribution in [1.82, 2.24) is 5.16 Å². The summed E-state index contributed by atoms with van der Waals surface area (Å²) in [4.78, 5) is 3.00. The fourth-order valence-electron chi connectivity index (χ4n) is 5.24. The van der Waals surface area contributed by atoms with Crippen LogP contribution >= 0.6 is 0 Å². The highest BCUT2D eigenvalue weighted by Crippen LogP contribution is 2.47. The van der Waals surface area contributed by atoms with Gasteiger partial charge in [0.15, 0.2) is 0 Å². The minimum absolute atomic E-state index is 0.00844. The molecule has 1 aromatic heterocycles. The van der Waals surface area contributed by atoms with Gasteiger partial charge in [0, 0.05) is 28.0 Å². The van der Waals surface area contributed by atoms with Crippen LogP contribution in [0, 0.1) is 11.8 Å². The highest BCUT2D eigenvalue weighted by Gasteiger charge is 2.43. The molecule has 1 aromatic carbocycles. The van der Waals surface area contributed by atoms with Crippen LogP contribution in [-0.4, -0.2) is 23.7 Å². The Kier molecular flexibility index (Phi) is 5.51. The molecule has 5 rings (SSSR count). The van der Waals surface area contributed by atoms with Crippen molar-refractivity contribution in [2.45, 2.75) is 69.6 Å². The molecule has 10 heteroatoms. The van der Waals surface area contributed by atoms with Gasteiger partial charge in [-0.15, -0.1) is 13.2 Å². The number of fused-ring (bicyclic) bond motifs is 2. The van der Waals surface area contributed by atoms with Crippen molar-refractivity contribution in [3.05, 3.63) is 46.0 Å². The average Bonchev–Trinajstić information content (AvgIpc) is 3.46. The molecule has 2 bridgehead atoms. The van der Waals surface area contributed by atoms with Crippen LogP contribution in [0.4, 0.5) is 13.2 Å². The van der Waals surface area contributed by atoms with E-state index in [9.17, 15) is 13.2 Å². The van der Waals surface area contributed by atoms with Gasteiger partial charge in [-0.05, 0) is 68.0 Å². The summed E-state index contributed by atoms with van der Waals surface area (Å²) in [6.07, 6.45) is 0.812. The first-order chi connectivity index (χ1) is 15.4. The van der Waals surface area contributed by atoms with Crippen molar-refractivity contribution >= 4 is 0 Å². The maximum absolute atomic E-state index is 12.9. The van der Waals surface area contributed by atoms with Crippen molar-refractivity contribution in [2.24, 2.45) is 17.0 Å². The van der Waals surface area contributed by atoms with Crippen LogP contribution in [0.2, 0.25) is 0 Å². The van der Waals surface area contributed by atoms with Crippen LogP contribution in [-0.2, 0) is 11.3 Å². The third-order valence-corrected chi connectivity index (χ3v) is 6.79. The predicted molar refractivity (Wildman–Crippen MR) is 108 cm³/mol. The summed E-state index contributed by atoms with van der Waals surface area (Å²) < 4.78 is 54.8. The highest BCUT2D eigenvalue weighted by atomic mass is 19.4. The molecule has 0 amide bonds. The van der Waals surface area contributed by atoms with Crippen LogP contribution in [0.3, 0.4) is 0 Å². The van der Waals surface area contributed by atoms with E-state index < -0.39 is 6.36 Å². The number of nitrogens with zero attached hydrogens (tertiary/aromatic N) is 4. The zero-order valence-corrected chi connectivity index (χ0v) is 17.3. The average molecular weight is 448 g/mol. The molecule has 3 fully saturated rings. The fraction of sp³-hybridized carbons (Fsp3) is 0.591. The Morgan fingerprint density at radius 1 is 1.12 bits per heavy atom. The van der Waals surface area contributed by atoms with E-state index in [0.717, 1.165) is 38.5 Å². The SMILES string of the molecule is [N-]=[N+]=N[C@@H]1[C@@H]2CC[C@H]1C[C@@H](OCc1c(-c3ccccc3OC(F)(F)F)noc1C1CC1)C2. The van der Waals surface area contributed by atoms with Crippen molar-refractivity contribution < 1.29 is 27.2 Å². The predicted octanol–water partition coefficient (Wildman–Crippen LogP) is 6.50. The van der Waals surface area contributed by atoms with E-state index in [1.54, 1.807) is 12.1 Å². The standard InChI is InChI=1S/C22H23F3N4O3/c23-22(24,25)31-18-4-2-1-3-16(18)20-17(21(32-28-20)12-5-6-12)11-30-15-9-13-7-8-14(10-15)19(13)27-29-26/h1-4,12-15,19H,5-11H2/t13-,14+,15+,19-. The van der Waals surface area contributed by atoms with E-state index in [1.807, 2.05) is 0 Å². The molecule has 4 atom stereocenters. The Hall–Kier alpha value is -2.71. The summed E-state index contributed by atoms with van der Waals surface area (Å²) >= 11 is 0. The summed E-state index contributed by atoms with van der Waals surface area (Å²) in [6.45, 7) is 0.210. The summed E-state index contributed by atoms with van der Waals surface area (Å²) in [5.41, 5.74) is 10.1. The van der Waals surface area contributed by atoms with E-state index in [1.165, 1.54) is 12.1 Å². The maximum Gasteiger partial charge on any atom is 0.573 e. The van der Waals surface area contributed by atoms with Gasteiger partial charge in [-0.1, -0.05) is 22.4 Å². The second-order valence-electron chi connectivity index (χ2n) is 8.89. The van der Waals surface area contributed by atoms with E-state index >= 15 is 0 Å². The molecule has 3 aliphatic carbocycles. The van der Waals surface area contributed by atoms with Crippen LogP contribution in [0.1, 0.15) is 55.8 Å². The summed E-state index contributed by atoms with van der Waals surface area (Å²) in [5, 5.41) is 8.11. The van der Waals surface area contributed by atoms with Crippen molar-refractivity contribution in [1.29, 1.82) is 0 Å². The molecule has 0 radical (unpaired) electrons. The summed E-state index contributed by atoms with van der Waals surface area (Å²) in [5.74, 6) is 1.24. The quantitative estimate of drug-likeness (QED) is 0.274. The lowest BCUT2D eigenvalue weighted by Crippen LogP contribution is -2.33. The summed E-state index contributed by atoms with van der Waals surface area (Å²) in [6, 6.07) is 5.99. The number of azide groups is 1. The van der Waals surface area contributed by atoms with E-state index in [0.29, 0.717) is 28.9 Å². The Morgan fingerprint density at radius 3 is 2.50 bits per heavy atom. The third-order valence-electron chi connectivity index (χ3n) is 6.79. The molecule has 170 valence electrons. The first-order valence-corrected chi connectivity index (χ1v) is 10.9. The molecular formula is C22H23F3N4O3. The number of rotatable bonds is 7. The lowest BCUT2D eigenvalue weighted by atomic mass is 9.83. The summed E-state index contributed by atoms with van der Waals surface area (Å²) in [7, 11) is 0. The minimum Gasteiger partial charge on any atom is -0.405 e.